The van der Waals surface area contributed by atoms with Crippen molar-refractivity contribution >= 4 is 46.5 Å². The van der Waals surface area contributed by atoms with Gasteiger partial charge in [-0.15, -0.1) is 11.3 Å². The monoisotopic (exact) mass is 695 g/mol. The van der Waals surface area contributed by atoms with E-state index in [1.807, 2.05) is 16.3 Å². The number of phenols is 1. The molecule has 0 bridgehead atoms. The highest BCUT2D eigenvalue weighted by Gasteiger charge is 2.38. The number of hydrogen-bond acceptors (Lipinski definition) is 6. The number of benzene rings is 1. The summed E-state index contributed by atoms with van der Waals surface area (Å²) < 4.78 is 41.1. The van der Waals surface area contributed by atoms with Gasteiger partial charge >= 0.3 is 12.2 Å². The first-order chi connectivity index (χ1) is 22.5. The predicted molar refractivity (Wildman–Crippen MR) is 173 cm³/mol. The molecule has 0 aliphatic carbocycles. The first-order valence-corrected chi connectivity index (χ1v) is 17.8. The lowest BCUT2D eigenvalue weighted by Crippen LogP contribution is -2.52. The van der Waals surface area contributed by atoms with Gasteiger partial charge in [-0.25, -0.2) is 4.79 Å². The molecule has 0 unspecified atom stereocenters. The van der Waals surface area contributed by atoms with E-state index in [1.165, 1.54) is 25.3 Å². The van der Waals surface area contributed by atoms with Crippen LogP contribution in [-0.2, 0) is 28.7 Å². The molecule has 6 rings (SSSR count). The number of thiophene rings is 1. The highest BCUT2D eigenvalue weighted by molar-refractivity contribution is 7.10. The predicted octanol–water partition coefficient (Wildman–Crippen LogP) is 6.19. The van der Waals surface area contributed by atoms with Crippen molar-refractivity contribution in [3.8, 4) is 5.75 Å². The number of fused-ring (bicyclic) bond motifs is 1. The molecule has 256 valence electrons. The van der Waals surface area contributed by atoms with Crippen LogP contribution in [0.25, 0.3) is 0 Å². The minimum Gasteiger partial charge on any atom is -0.506 e. The maximum Gasteiger partial charge on any atom is 0.420 e. The van der Waals surface area contributed by atoms with Crippen molar-refractivity contribution in [1.82, 2.24) is 19.6 Å². The van der Waals surface area contributed by atoms with Crippen molar-refractivity contribution in [1.29, 1.82) is 0 Å². The maximum atomic E-state index is 14.0. The lowest BCUT2D eigenvalue weighted by Gasteiger charge is -2.41. The molecule has 3 saturated heterocycles. The van der Waals surface area contributed by atoms with E-state index >= 15 is 0 Å². The Morgan fingerprint density at radius 1 is 0.979 bits per heavy atom. The van der Waals surface area contributed by atoms with Crippen LogP contribution in [0.4, 0.5) is 23.7 Å². The van der Waals surface area contributed by atoms with Gasteiger partial charge in [-0.2, -0.15) is 13.2 Å². The van der Waals surface area contributed by atoms with Crippen molar-refractivity contribution in [3.63, 3.8) is 0 Å². The average Bonchev–Trinajstić information content (AvgIpc) is 3.52. The molecule has 47 heavy (non-hydrogen) atoms. The van der Waals surface area contributed by atoms with Crippen molar-refractivity contribution < 1.29 is 32.7 Å². The number of amides is 4. The van der Waals surface area contributed by atoms with E-state index in [9.17, 15) is 32.7 Å². The number of anilines is 1. The fraction of sp³-hybridized carbons (Fsp3) is 0.606. The molecule has 5 heterocycles. The molecule has 4 aliphatic rings. The smallest absolute Gasteiger partial charge is 0.420 e. The Balaban J connectivity index is 1.13. The van der Waals surface area contributed by atoms with Gasteiger partial charge in [-0.1, -0.05) is 18.0 Å². The quantitative estimate of drug-likeness (QED) is 0.360. The van der Waals surface area contributed by atoms with E-state index in [-0.39, 0.29) is 42.3 Å². The molecule has 4 amide bonds. The first kappa shape index (κ1) is 33.9. The van der Waals surface area contributed by atoms with Gasteiger partial charge in [-0.3, -0.25) is 9.59 Å². The van der Waals surface area contributed by atoms with Crippen LogP contribution in [0.1, 0.15) is 67.4 Å². The molecule has 2 N–H and O–H groups in total. The Bertz CT molecular complexity index is 1470. The minimum absolute atomic E-state index is 0.0344. The van der Waals surface area contributed by atoms with Crippen molar-refractivity contribution in [2.75, 3.05) is 44.6 Å². The van der Waals surface area contributed by atoms with E-state index < -0.39 is 28.4 Å². The van der Waals surface area contributed by atoms with Gasteiger partial charge in [0.25, 0.3) is 0 Å². The van der Waals surface area contributed by atoms with Crippen LogP contribution in [0.15, 0.2) is 23.6 Å². The van der Waals surface area contributed by atoms with Crippen LogP contribution in [-0.4, -0.2) is 93.9 Å². The van der Waals surface area contributed by atoms with Crippen LogP contribution >= 0.6 is 22.9 Å². The largest absolute Gasteiger partial charge is 0.506 e. The van der Waals surface area contributed by atoms with Crippen LogP contribution in [0.3, 0.4) is 0 Å². The Morgan fingerprint density at radius 3 is 2.32 bits per heavy atom. The molecule has 0 spiro atoms. The Hall–Kier alpha value is -3.03. The fourth-order valence-electron chi connectivity index (χ4n) is 7.56. The second-order valence-electron chi connectivity index (χ2n) is 13.2. The molecule has 2 aromatic rings. The summed E-state index contributed by atoms with van der Waals surface area (Å²) in [6.07, 6.45) is 1.30. The van der Waals surface area contributed by atoms with Gasteiger partial charge in [-0.05, 0) is 87.2 Å². The number of nitrogens with one attached hydrogen (secondary N) is 1. The second kappa shape index (κ2) is 14.2. The number of piperidine rings is 3. The van der Waals surface area contributed by atoms with Crippen LogP contribution in [0.5, 0.6) is 5.75 Å². The van der Waals surface area contributed by atoms with Gasteiger partial charge in [0.15, 0.2) is 0 Å². The molecular weight excluding hydrogens is 655 g/mol. The third-order valence-electron chi connectivity index (χ3n) is 10.2. The molecule has 1 atom stereocenters. The summed E-state index contributed by atoms with van der Waals surface area (Å²) in [6, 6.07) is 4.17. The molecule has 14 heteroatoms. The normalized spacial score (nSPS) is 21.0. The third-order valence-corrected chi connectivity index (χ3v) is 11.4. The number of rotatable bonds is 7. The summed E-state index contributed by atoms with van der Waals surface area (Å²) >= 11 is 7.60. The van der Waals surface area contributed by atoms with E-state index in [2.05, 4.69) is 10.2 Å². The molecule has 3 fully saturated rings. The van der Waals surface area contributed by atoms with Crippen LogP contribution in [0, 0.1) is 5.92 Å². The standard InChI is InChI=1S/C33H41ClF3N5O4S/c34-26-18-21(17-25(30(26)44)33(35,36)37)16-22(31(45)41-13-4-23(5-14-41)39-9-2-1-3-10-39)19-29(43)40-11-6-24(7-12-40)42-20-28-27(8-15-47-28)38-32(42)46/h8,15,17-18,22-24,44H,1-7,9-14,16,19-20H2,(H,38,46)/t22-/m0/s1. The van der Waals surface area contributed by atoms with Crippen molar-refractivity contribution in [3.05, 3.63) is 44.6 Å². The third kappa shape index (κ3) is 7.67. The average molecular weight is 696 g/mol. The number of phenolic OH excluding ortho intramolecular Hbond substituents is 1. The summed E-state index contributed by atoms with van der Waals surface area (Å²) in [7, 11) is 0. The van der Waals surface area contributed by atoms with Crippen molar-refractivity contribution in [2.45, 2.75) is 82.6 Å². The first-order valence-electron chi connectivity index (χ1n) is 16.5. The van der Waals surface area contributed by atoms with E-state index in [0.717, 1.165) is 42.6 Å². The Labute approximate surface area is 281 Å². The molecule has 1 aromatic carbocycles. The van der Waals surface area contributed by atoms with Crippen molar-refractivity contribution in [2.24, 2.45) is 5.92 Å². The number of carbonyl (C=O) groups excluding carboxylic acids is 3. The Kier molecular flexibility index (Phi) is 10.2. The molecular formula is C33H41ClF3N5O4S. The number of carbonyl (C=O) groups is 3. The lowest BCUT2D eigenvalue weighted by molar-refractivity contribution is -0.143. The second-order valence-corrected chi connectivity index (χ2v) is 14.6. The zero-order valence-corrected chi connectivity index (χ0v) is 27.8. The number of nitrogens with zero attached hydrogens (tertiary/aromatic N) is 4. The molecule has 0 radical (unpaired) electrons. The van der Waals surface area contributed by atoms with Gasteiger partial charge in [0, 0.05) is 49.6 Å². The highest BCUT2D eigenvalue weighted by atomic mass is 35.5. The summed E-state index contributed by atoms with van der Waals surface area (Å²) in [5.74, 6) is -2.44. The number of hydrogen-bond donors (Lipinski definition) is 2. The van der Waals surface area contributed by atoms with Gasteiger partial charge in [0.05, 0.1) is 28.7 Å². The topological polar surface area (TPSA) is 96.4 Å². The van der Waals surface area contributed by atoms with E-state index in [4.69, 9.17) is 11.6 Å². The minimum atomic E-state index is -4.84. The van der Waals surface area contributed by atoms with Gasteiger partial charge < -0.3 is 30.0 Å². The van der Waals surface area contributed by atoms with Gasteiger partial charge in [0.2, 0.25) is 11.8 Å². The van der Waals surface area contributed by atoms with Crippen LogP contribution in [0.2, 0.25) is 5.02 Å². The van der Waals surface area contributed by atoms with Gasteiger partial charge in [0.1, 0.15) is 5.75 Å². The number of aromatic hydroxyl groups is 1. The molecule has 9 nitrogen and oxygen atoms in total. The lowest BCUT2D eigenvalue weighted by atomic mass is 9.91. The molecule has 0 saturated carbocycles. The Morgan fingerprint density at radius 2 is 1.64 bits per heavy atom. The zero-order valence-electron chi connectivity index (χ0n) is 26.2. The highest BCUT2D eigenvalue weighted by Crippen LogP contribution is 2.41. The maximum absolute atomic E-state index is 14.0. The SMILES string of the molecule is O=C(C[C@H](Cc1cc(Cl)c(O)c(C(F)(F)F)c1)C(=O)N1CCC(N2CCCCC2)CC1)N1CCC(N2Cc3sccc3NC2=O)CC1. The number of alkyl halides is 3. The number of likely N-dealkylation sites (tertiary alicyclic amines) is 3. The van der Waals surface area contributed by atoms with E-state index in [1.54, 1.807) is 21.1 Å². The van der Waals surface area contributed by atoms with Crippen LogP contribution < -0.4 is 5.32 Å². The summed E-state index contributed by atoms with van der Waals surface area (Å²) in [4.78, 5) is 49.3. The summed E-state index contributed by atoms with van der Waals surface area (Å²) in [5, 5.41) is 14.4. The number of urea groups is 1. The molecule has 1 aromatic heterocycles. The molecule has 4 aliphatic heterocycles. The zero-order chi connectivity index (χ0) is 33.3. The summed E-state index contributed by atoms with van der Waals surface area (Å²) in [6.45, 7) is 4.54. The van der Waals surface area contributed by atoms with E-state index in [0.29, 0.717) is 51.6 Å². The number of halogens is 4. The summed E-state index contributed by atoms with van der Waals surface area (Å²) in [5.41, 5.74) is -0.289. The fourth-order valence-corrected chi connectivity index (χ4v) is 8.63.